The molecule has 2 aromatic rings. The van der Waals surface area contributed by atoms with Crippen molar-refractivity contribution in [2.24, 2.45) is 0 Å². The molecule has 2 rings (SSSR count). The van der Waals surface area contributed by atoms with E-state index in [4.69, 9.17) is 0 Å². The number of unbranched alkanes of at least 4 members (excludes halogenated alkanes) is 1. The topological polar surface area (TPSA) is 68.5 Å². The second-order valence-corrected chi connectivity index (χ2v) is 4.31. The average molecular weight is 246 g/mol. The Morgan fingerprint density at radius 1 is 1.06 bits per heavy atom. The van der Waals surface area contributed by atoms with E-state index in [0.29, 0.717) is 0 Å². The average Bonchev–Trinajstić information content (AvgIpc) is 2.80. The summed E-state index contributed by atoms with van der Waals surface area (Å²) < 4.78 is 1.98. The maximum atomic E-state index is 4.33. The first-order valence-corrected chi connectivity index (χ1v) is 6.12. The van der Waals surface area contributed by atoms with Gasteiger partial charge in [0.15, 0.2) is 0 Å². The summed E-state index contributed by atoms with van der Waals surface area (Å²) >= 11 is 0. The number of hydrogen-bond donors (Lipinski definition) is 1. The predicted molar refractivity (Wildman–Crippen MR) is 69.3 cm³/mol. The molecule has 0 aliphatic rings. The van der Waals surface area contributed by atoms with Crippen LogP contribution in [0.4, 0.5) is 5.95 Å². The van der Waals surface area contributed by atoms with Crippen LogP contribution in [0.5, 0.6) is 0 Å². The summed E-state index contributed by atoms with van der Waals surface area (Å²) in [7, 11) is 0. The Labute approximate surface area is 106 Å². The number of aryl methyl sites for hydroxylation is 3. The minimum Gasteiger partial charge on any atom is -0.354 e. The molecule has 0 aliphatic heterocycles. The predicted octanol–water partition coefficient (Wildman–Crippen LogP) is 1.58. The zero-order chi connectivity index (χ0) is 12.8. The summed E-state index contributed by atoms with van der Waals surface area (Å²) in [4.78, 5) is 8.67. The zero-order valence-corrected chi connectivity index (χ0v) is 10.8. The van der Waals surface area contributed by atoms with Gasteiger partial charge >= 0.3 is 0 Å². The number of anilines is 1. The van der Waals surface area contributed by atoms with E-state index in [9.17, 15) is 0 Å². The molecule has 0 saturated carbocycles. The van der Waals surface area contributed by atoms with Crippen molar-refractivity contribution in [3.05, 3.63) is 30.1 Å². The van der Waals surface area contributed by atoms with Gasteiger partial charge in [-0.1, -0.05) is 0 Å². The van der Waals surface area contributed by atoms with Crippen molar-refractivity contribution in [3.63, 3.8) is 0 Å². The Morgan fingerprint density at radius 3 is 2.39 bits per heavy atom. The molecule has 0 bridgehead atoms. The van der Waals surface area contributed by atoms with Gasteiger partial charge in [0.25, 0.3) is 0 Å². The van der Waals surface area contributed by atoms with Crippen LogP contribution in [-0.2, 0) is 6.54 Å². The van der Waals surface area contributed by atoms with E-state index in [1.54, 1.807) is 12.7 Å². The third kappa shape index (κ3) is 3.80. The molecule has 96 valence electrons. The van der Waals surface area contributed by atoms with Crippen LogP contribution in [0.2, 0.25) is 0 Å². The summed E-state index contributed by atoms with van der Waals surface area (Å²) in [6, 6.07) is 1.97. The van der Waals surface area contributed by atoms with Crippen molar-refractivity contribution in [2.45, 2.75) is 33.2 Å². The zero-order valence-electron chi connectivity index (χ0n) is 10.8. The number of hydrogen-bond acceptors (Lipinski definition) is 5. The fraction of sp³-hybridized carbons (Fsp3) is 0.500. The van der Waals surface area contributed by atoms with Gasteiger partial charge in [0.2, 0.25) is 5.95 Å². The summed E-state index contributed by atoms with van der Waals surface area (Å²) in [5.74, 6) is 0.719. The van der Waals surface area contributed by atoms with Crippen molar-refractivity contribution in [1.29, 1.82) is 0 Å². The van der Waals surface area contributed by atoms with Gasteiger partial charge in [0, 0.05) is 24.5 Å². The Balaban J connectivity index is 1.68. The molecular formula is C12H18N6. The first kappa shape index (κ1) is 12.5. The van der Waals surface area contributed by atoms with E-state index in [1.807, 2.05) is 24.5 Å². The van der Waals surface area contributed by atoms with Crippen molar-refractivity contribution in [2.75, 3.05) is 11.9 Å². The van der Waals surface area contributed by atoms with Crippen molar-refractivity contribution in [3.8, 4) is 0 Å². The molecule has 0 atom stereocenters. The Hall–Kier alpha value is -1.98. The van der Waals surface area contributed by atoms with Crippen molar-refractivity contribution in [1.82, 2.24) is 24.7 Å². The van der Waals surface area contributed by atoms with Crippen molar-refractivity contribution >= 4 is 5.95 Å². The molecular weight excluding hydrogens is 228 g/mol. The standard InChI is InChI=1S/C12H18N6/c1-10-7-11(2)17-12(16-10)13-5-3-4-6-18-8-14-15-9-18/h7-9H,3-6H2,1-2H3,(H,13,16,17). The molecule has 18 heavy (non-hydrogen) atoms. The van der Waals surface area contributed by atoms with Gasteiger partial charge < -0.3 is 9.88 Å². The molecule has 2 heterocycles. The van der Waals surface area contributed by atoms with Crippen LogP contribution in [0.1, 0.15) is 24.2 Å². The lowest BCUT2D eigenvalue weighted by molar-refractivity contribution is 0.618. The molecule has 0 aromatic carbocycles. The largest absolute Gasteiger partial charge is 0.354 e. The van der Waals surface area contributed by atoms with E-state index in [0.717, 1.165) is 43.3 Å². The summed E-state index contributed by atoms with van der Waals surface area (Å²) in [6.45, 7) is 5.78. The quantitative estimate of drug-likeness (QED) is 0.784. The van der Waals surface area contributed by atoms with Crippen LogP contribution in [0.3, 0.4) is 0 Å². The molecule has 0 unspecified atom stereocenters. The van der Waals surface area contributed by atoms with Gasteiger partial charge in [-0.05, 0) is 32.8 Å². The molecule has 1 N–H and O–H groups in total. The van der Waals surface area contributed by atoms with E-state index >= 15 is 0 Å². The molecule has 6 nitrogen and oxygen atoms in total. The molecule has 0 amide bonds. The maximum Gasteiger partial charge on any atom is 0.223 e. The number of nitrogens with one attached hydrogen (secondary N) is 1. The molecule has 0 spiro atoms. The lowest BCUT2D eigenvalue weighted by Gasteiger charge is -2.06. The number of aromatic nitrogens is 5. The number of nitrogens with zero attached hydrogens (tertiary/aromatic N) is 5. The minimum atomic E-state index is 0.719. The molecule has 2 aromatic heterocycles. The third-order valence-corrected chi connectivity index (χ3v) is 2.58. The van der Waals surface area contributed by atoms with Gasteiger partial charge in [-0.2, -0.15) is 0 Å². The molecule has 6 heteroatoms. The highest BCUT2D eigenvalue weighted by atomic mass is 15.2. The van der Waals surface area contributed by atoms with Gasteiger partial charge in [-0.25, -0.2) is 9.97 Å². The Bertz CT molecular complexity index is 459. The van der Waals surface area contributed by atoms with E-state index in [1.165, 1.54) is 0 Å². The fourth-order valence-electron chi connectivity index (χ4n) is 1.76. The third-order valence-electron chi connectivity index (χ3n) is 2.58. The first-order valence-electron chi connectivity index (χ1n) is 6.12. The van der Waals surface area contributed by atoms with E-state index in [2.05, 4.69) is 25.5 Å². The van der Waals surface area contributed by atoms with E-state index in [-0.39, 0.29) is 0 Å². The maximum absolute atomic E-state index is 4.33. The monoisotopic (exact) mass is 246 g/mol. The van der Waals surface area contributed by atoms with Crippen LogP contribution in [0.25, 0.3) is 0 Å². The highest BCUT2D eigenvalue weighted by Gasteiger charge is 1.98. The lowest BCUT2D eigenvalue weighted by atomic mass is 10.3. The fourth-order valence-corrected chi connectivity index (χ4v) is 1.76. The van der Waals surface area contributed by atoms with Crippen LogP contribution in [0, 0.1) is 13.8 Å². The van der Waals surface area contributed by atoms with Gasteiger partial charge in [0.05, 0.1) is 0 Å². The van der Waals surface area contributed by atoms with Crippen LogP contribution < -0.4 is 5.32 Å². The summed E-state index contributed by atoms with van der Waals surface area (Å²) in [5, 5.41) is 10.8. The van der Waals surface area contributed by atoms with Gasteiger partial charge in [-0.3, -0.25) is 0 Å². The van der Waals surface area contributed by atoms with Crippen LogP contribution in [0.15, 0.2) is 18.7 Å². The second kappa shape index (κ2) is 6.09. The lowest BCUT2D eigenvalue weighted by Crippen LogP contribution is -2.07. The van der Waals surface area contributed by atoms with Crippen molar-refractivity contribution < 1.29 is 0 Å². The molecule has 0 radical (unpaired) electrons. The highest BCUT2D eigenvalue weighted by molar-refractivity contribution is 5.27. The van der Waals surface area contributed by atoms with Gasteiger partial charge in [-0.15, -0.1) is 10.2 Å². The Kier molecular flexibility index (Phi) is 4.22. The Morgan fingerprint density at radius 2 is 1.72 bits per heavy atom. The van der Waals surface area contributed by atoms with Gasteiger partial charge in [0.1, 0.15) is 12.7 Å². The molecule has 0 saturated heterocycles. The minimum absolute atomic E-state index is 0.719. The summed E-state index contributed by atoms with van der Waals surface area (Å²) in [5.41, 5.74) is 1.99. The smallest absolute Gasteiger partial charge is 0.223 e. The second-order valence-electron chi connectivity index (χ2n) is 4.31. The normalized spacial score (nSPS) is 10.6. The number of rotatable bonds is 6. The molecule has 0 aliphatic carbocycles. The molecule has 0 fully saturated rings. The highest BCUT2D eigenvalue weighted by Crippen LogP contribution is 2.04. The first-order chi connectivity index (χ1) is 8.74. The SMILES string of the molecule is Cc1cc(C)nc(NCCCCn2cnnc2)n1. The summed E-state index contributed by atoms with van der Waals surface area (Å²) in [6.07, 6.45) is 5.62. The van der Waals surface area contributed by atoms with Crippen LogP contribution in [-0.4, -0.2) is 31.3 Å². The van der Waals surface area contributed by atoms with Crippen LogP contribution >= 0.6 is 0 Å². The van der Waals surface area contributed by atoms with E-state index < -0.39 is 0 Å².